The van der Waals surface area contributed by atoms with E-state index in [1.807, 2.05) is 20.8 Å². The van der Waals surface area contributed by atoms with Crippen LogP contribution in [0.1, 0.15) is 27.2 Å². The first-order valence-electron chi connectivity index (χ1n) is 6.44. The van der Waals surface area contributed by atoms with Crippen molar-refractivity contribution in [2.75, 3.05) is 18.0 Å². The van der Waals surface area contributed by atoms with E-state index in [4.69, 9.17) is 4.74 Å². The fourth-order valence-corrected chi connectivity index (χ4v) is 2.01. The van der Waals surface area contributed by atoms with Crippen LogP contribution in [0.4, 0.5) is 10.6 Å². The van der Waals surface area contributed by atoms with E-state index in [1.54, 1.807) is 18.6 Å². The predicted molar refractivity (Wildman–Crippen MR) is 72.0 cm³/mol. The minimum Gasteiger partial charge on any atom is -0.444 e. The lowest BCUT2D eigenvalue weighted by Crippen LogP contribution is -2.40. The Labute approximate surface area is 113 Å². The van der Waals surface area contributed by atoms with E-state index >= 15 is 0 Å². The average Bonchev–Trinajstić information content (AvgIpc) is 2.76. The second-order valence-electron chi connectivity index (χ2n) is 5.64. The van der Waals surface area contributed by atoms with Crippen molar-refractivity contribution in [2.45, 2.75) is 38.8 Å². The third kappa shape index (κ3) is 4.08. The van der Waals surface area contributed by atoms with Crippen LogP contribution in [-0.4, -0.2) is 40.8 Å². The van der Waals surface area contributed by atoms with Gasteiger partial charge >= 0.3 is 6.09 Å². The molecule has 6 heteroatoms. The molecule has 1 unspecified atom stereocenters. The van der Waals surface area contributed by atoms with Gasteiger partial charge in [0.05, 0.1) is 12.2 Å². The topological polar surface area (TPSA) is 67.3 Å². The maximum Gasteiger partial charge on any atom is 0.407 e. The first kappa shape index (κ1) is 13.6. The van der Waals surface area contributed by atoms with Gasteiger partial charge in [0.1, 0.15) is 11.4 Å². The number of nitrogens with zero attached hydrogens (tertiary/aromatic N) is 3. The molecule has 1 aromatic rings. The highest BCUT2D eigenvalue weighted by molar-refractivity contribution is 5.68. The van der Waals surface area contributed by atoms with Crippen LogP contribution in [0.15, 0.2) is 18.6 Å². The number of rotatable bonds is 2. The van der Waals surface area contributed by atoms with E-state index in [0.29, 0.717) is 0 Å². The summed E-state index contributed by atoms with van der Waals surface area (Å²) in [6, 6.07) is 0.0943. The zero-order valence-corrected chi connectivity index (χ0v) is 11.6. The number of carbonyl (C=O) groups is 1. The van der Waals surface area contributed by atoms with Crippen molar-refractivity contribution in [1.82, 2.24) is 15.3 Å². The van der Waals surface area contributed by atoms with Crippen molar-refractivity contribution in [1.29, 1.82) is 0 Å². The van der Waals surface area contributed by atoms with E-state index < -0.39 is 5.60 Å². The van der Waals surface area contributed by atoms with Crippen molar-refractivity contribution in [3.8, 4) is 0 Å². The molecule has 1 aliphatic rings. The second-order valence-corrected chi connectivity index (χ2v) is 5.64. The van der Waals surface area contributed by atoms with Crippen molar-refractivity contribution in [3.05, 3.63) is 18.6 Å². The average molecular weight is 264 g/mol. The lowest BCUT2D eigenvalue weighted by Gasteiger charge is -2.22. The summed E-state index contributed by atoms with van der Waals surface area (Å²) in [6.07, 6.45) is 5.57. The van der Waals surface area contributed by atoms with Crippen molar-refractivity contribution >= 4 is 11.9 Å². The summed E-state index contributed by atoms with van der Waals surface area (Å²) in [5.41, 5.74) is -0.465. The molecule has 2 rings (SSSR count). The minimum absolute atomic E-state index is 0.0943. The summed E-state index contributed by atoms with van der Waals surface area (Å²) >= 11 is 0. The SMILES string of the molecule is CC(C)(C)OC(=O)NC1CCN(c2cnccn2)C1. The van der Waals surface area contributed by atoms with Gasteiger partial charge < -0.3 is 15.0 Å². The van der Waals surface area contributed by atoms with Gasteiger partial charge in [-0.25, -0.2) is 9.78 Å². The number of anilines is 1. The molecule has 6 nitrogen and oxygen atoms in total. The highest BCUT2D eigenvalue weighted by Gasteiger charge is 2.26. The molecule has 19 heavy (non-hydrogen) atoms. The Morgan fingerprint density at radius 3 is 2.89 bits per heavy atom. The normalized spacial score (nSPS) is 19.3. The van der Waals surface area contributed by atoms with Gasteiger partial charge in [0.2, 0.25) is 0 Å². The van der Waals surface area contributed by atoms with Gasteiger partial charge in [-0.05, 0) is 27.2 Å². The quantitative estimate of drug-likeness (QED) is 0.878. The van der Waals surface area contributed by atoms with Gasteiger partial charge in [-0.3, -0.25) is 4.98 Å². The number of alkyl carbamates (subject to hydrolysis) is 1. The summed E-state index contributed by atoms with van der Waals surface area (Å²) in [5.74, 6) is 0.844. The molecule has 1 aliphatic heterocycles. The van der Waals surface area contributed by atoms with Crippen LogP contribution in [-0.2, 0) is 4.74 Å². The molecular formula is C13H20N4O2. The largest absolute Gasteiger partial charge is 0.444 e. The maximum absolute atomic E-state index is 11.7. The summed E-state index contributed by atoms with van der Waals surface area (Å²) in [7, 11) is 0. The first-order chi connectivity index (χ1) is 8.94. The van der Waals surface area contributed by atoms with Crippen molar-refractivity contribution in [3.63, 3.8) is 0 Å². The Balaban J connectivity index is 1.84. The van der Waals surface area contributed by atoms with E-state index in [1.165, 1.54) is 0 Å². The van der Waals surface area contributed by atoms with Gasteiger partial charge in [-0.15, -0.1) is 0 Å². The third-order valence-electron chi connectivity index (χ3n) is 2.78. The molecule has 1 saturated heterocycles. The van der Waals surface area contributed by atoms with Gasteiger partial charge in [-0.2, -0.15) is 0 Å². The molecule has 0 saturated carbocycles. The van der Waals surface area contributed by atoms with Crippen LogP contribution in [0.3, 0.4) is 0 Å². The molecule has 2 heterocycles. The van der Waals surface area contributed by atoms with Crippen LogP contribution in [0.25, 0.3) is 0 Å². The summed E-state index contributed by atoms with van der Waals surface area (Å²) in [4.78, 5) is 22.1. The molecule has 1 fully saturated rings. The van der Waals surface area contributed by atoms with Crippen LogP contribution in [0.2, 0.25) is 0 Å². The zero-order valence-electron chi connectivity index (χ0n) is 11.6. The first-order valence-corrected chi connectivity index (χ1v) is 6.44. The van der Waals surface area contributed by atoms with Crippen LogP contribution in [0, 0.1) is 0 Å². The lowest BCUT2D eigenvalue weighted by atomic mass is 10.2. The number of carbonyl (C=O) groups excluding carboxylic acids is 1. The molecule has 1 aromatic heterocycles. The van der Waals surface area contributed by atoms with Gasteiger partial charge in [0, 0.05) is 25.5 Å². The predicted octanol–water partition coefficient (Wildman–Crippen LogP) is 1.58. The standard InChI is InChI=1S/C13H20N4O2/c1-13(2,3)19-12(18)16-10-4-7-17(9-10)11-8-14-5-6-15-11/h5-6,8,10H,4,7,9H2,1-3H3,(H,16,18). The molecule has 0 radical (unpaired) electrons. The maximum atomic E-state index is 11.7. The van der Waals surface area contributed by atoms with Crippen molar-refractivity contribution in [2.24, 2.45) is 0 Å². The summed E-state index contributed by atoms with van der Waals surface area (Å²) < 4.78 is 5.24. The smallest absolute Gasteiger partial charge is 0.407 e. The van der Waals surface area contributed by atoms with E-state index in [-0.39, 0.29) is 12.1 Å². The number of nitrogens with one attached hydrogen (secondary N) is 1. The molecule has 1 atom stereocenters. The Kier molecular flexibility index (Phi) is 3.87. The van der Waals surface area contributed by atoms with E-state index in [0.717, 1.165) is 25.3 Å². The number of amides is 1. The molecule has 1 N–H and O–H groups in total. The highest BCUT2D eigenvalue weighted by Crippen LogP contribution is 2.17. The van der Waals surface area contributed by atoms with Gasteiger partial charge in [0.15, 0.2) is 0 Å². The van der Waals surface area contributed by atoms with E-state index in [2.05, 4.69) is 20.2 Å². The number of ether oxygens (including phenoxy) is 1. The molecule has 0 aromatic carbocycles. The third-order valence-corrected chi connectivity index (χ3v) is 2.78. The number of hydrogen-bond acceptors (Lipinski definition) is 5. The molecule has 0 spiro atoms. The van der Waals surface area contributed by atoms with Gasteiger partial charge in [0.25, 0.3) is 0 Å². The molecule has 104 valence electrons. The molecule has 1 amide bonds. The van der Waals surface area contributed by atoms with Crippen LogP contribution >= 0.6 is 0 Å². The fraction of sp³-hybridized carbons (Fsp3) is 0.615. The highest BCUT2D eigenvalue weighted by atomic mass is 16.6. The number of hydrogen-bond donors (Lipinski definition) is 1. The monoisotopic (exact) mass is 264 g/mol. The zero-order chi connectivity index (χ0) is 13.9. The Morgan fingerprint density at radius 1 is 1.47 bits per heavy atom. The summed E-state index contributed by atoms with van der Waals surface area (Å²) in [6.45, 7) is 7.16. The minimum atomic E-state index is -0.465. The van der Waals surface area contributed by atoms with Gasteiger partial charge in [-0.1, -0.05) is 0 Å². The Hall–Kier alpha value is -1.85. The van der Waals surface area contributed by atoms with Crippen molar-refractivity contribution < 1.29 is 9.53 Å². The Morgan fingerprint density at radius 2 is 2.26 bits per heavy atom. The molecule has 0 bridgehead atoms. The van der Waals surface area contributed by atoms with Crippen LogP contribution in [0.5, 0.6) is 0 Å². The van der Waals surface area contributed by atoms with E-state index in [9.17, 15) is 4.79 Å². The fourth-order valence-electron chi connectivity index (χ4n) is 2.01. The Bertz CT molecular complexity index is 430. The lowest BCUT2D eigenvalue weighted by molar-refractivity contribution is 0.0509. The van der Waals surface area contributed by atoms with Crippen LogP contribution < -0.4 is 10.2 Å². The summed E-state index contributed by atoms with van der Waals surface area (Å²) in [5, 5.41) is 2.88. The number of aromatic nitrogens is 2. The second kappa shape index (κ2) is 5.42. The molecular weight excluding hydrogens is 244 g/mol. The molecule has 0 aliphatic carbocycles.